The van der Waals surface area contributed by atoms with Crippen LogP contribution >= 0.6 is 0 Å². The third-order valence-corrected chi connectivity index (χ3v) is 4.31. The van der Waals surface area contributed by atoms with Gasteiger partial charge in [-0.05, 0) is 24.0 Å². The van der Waals surface area contributed by atoms with E-state index in [9.17, 15) is 0 Å². The predicted molar refractivity (Wildman–Crippen MR) is 77.3 cm³/mol. The van der Waals surface area contributed by atoms with E-state index in [1.165, 1.54) is 11.1 Å². The number of hydrogen-bond acceptors (Lipinski definition) is 3. The number of methoxy groups -OCH3 is 1. The summed E-state index contributed by atoms with van der Waals surface area (Å²) < 4.78 is 11.2. The molecule has 1 aliphatic heterocycles. The average Bonchev–Trinajstić information content (AvgIpc) is 2.48. The highest BCUT2D eigenvalue weighted by Crippen LogP contribution is 2.29. The summed E-state index contributed by atoms with van der Waals surface area (Å²) >= 11 is 0. The molecule has 106 valence electrons. The molecule has 1 unspecified atom stereocenters. The first-order valence-corrected chi connectivity index (χ1v) is 7.16. The Kier molecular flexibility index (Phi) is 4.97. The Bertz CT molecular complexity index is 382. The minimum atomic E-state index is -0.221. The second-order valence-corrected chi connectivity index (χ2v) is 5.36. The van der Waals surface area contributed by atoms with Gasteiger partial charge in [-0.15, -0.1) is 0 Å². The van der Waals surface area contributed by atoms with Gasteiger partial charge in [0.15, 0.2) is 0 Å². The molecule has 0 saturated carbocycles. The van der Waals surface area contributed by atoms with E-state index in [4.69, 9.17) is 15.2 Å². The molecule has 1 aliphatic rings. The highest BCUT2D eigenvalue weighted by atomic mass is 16.5. The van der Waals surface area contributed by atoms with Crippen LogP contribution < -0.4 is 5.73 Å². The molecule has 1 aromatic rings. The van der Waals surface area contributed by atoms with E-state index in [2.05, 4.69) is 31.2 Å². The molecule has 1 atom stereocenters. The van der Waals surface area contributed by atoms with Crippen LogP contribution in [0, 0.1) is 0 Å². The Morgan fingerprint density at radius 1 is 1.21 bits per heavy atom. The van der Waals surface area contributed by atoms with Gasteiger partial charge in [-0.3, -0.25) is 0 Å². The number of hydrogen-bond donors (Lipinski definition) is 1. The van der Waals surface area contributed by atoms with Crippen LogP contribution in [-0.2, 0) is 22.3 Å². The number of ether oxygens (including phenoxy) is 2. The topological polar surface area (TPSA) is 44.5 Å². The predicted octanol–water partition coefficient (Wildman–Crippen LogP) is 2.31. The van der Waals surface area contributed by atoms with Crippen molar-refractivity contribution >= 4 is 0 Å². The van der Waals surface area contributed by atoms with Gasteiger partial charge in [-0.2, -0.15) is 0 Å². The zero-order valence-corrected chi connectivity index (χ0v) is 12.0. The zero-order valence-electron chi connectivity index (χ0n) is 12.0. The normalized spacial score (nSPS) is 20.2. The first-order chi connectivity index (χ1) is 9.20. The summed E-state index contributed by atoms with van der Waals surface area (Å²) in [5, 5.41) is 0. The van der Waals surface area contributed by atoms with Crippen molar-refractivity contribution in [3.05, 3.63) is 35.4 Å². The molecule has 0 radical (unpaired) electrons. The van der Waals surface area contributed by atoms with Crippen molar-refractivity contribution in [2.45, 2.75) is 44.2 Å². The average molecular weight is 263 g/mol. The van der Waals surface area contributed by atoms with Gasteiger partial charge in [0.25, 0.3) is 0 Å². The van der Waals surface area contributed by atoms with Crippen molar-refractivity contribution in [3.8, 4) is 0 Å². The molecule has 1 aromatic carbocycles. The maximum absolute atomic E-state index is 6.42. The maximum Gasteiger partial charge on any atom is 0.0875 e. The SMILES string of the molecule is CCc1ccc(CC(N)C2(OC)CCOCC2)cc1. The van der Waals surface area contributed by atoms with Crippen molar-refractivity contribution in [2.75, 3.05) is 20.3 Å². The summed E-state index contributed by atoms with van der Waals surface area (Å²) in [6.45, 7) is 3.66. The van der Waals surface area contributed by atoms with E-state index >= 15 is 0 Å². The Hall–Kier alpha value is -0.900. The Labute approximate surface area is 116 Å². The van der Waals surface area contributed by atoms with Gasteiger partial charge < -0.3 is 15.2 Å². The molecule has 2 rings (SSSR count). The Morgan fingerprint density at radius 2 is 1.79 bits per heavy atom. The minimum absolute atomic E-state index is 0.0221. The number of nitrogens with two attached hydrogens (primary N) is 1. The molecule has 0 aliphatic carbocycles. The quantitative estimate of drug-likeness (QED) is 0.886. The lowest BCUT2D eigenvalue weighted by Crippen LogP contribution is -2.53. The second-order valence-electron chi connectivity index (χ2n) is 5.36. The van der Waals surface area contributed by atoms with Crippen LogP contribution in [0.3, 0.4) is 0 Å². The summed E-state index contributed by atoms with van der Waals surface area (Å²) in [6.07, 6.45) is 3.71. The number of benzene rings is 1. The summed E-state index contributed by atoms with van der Waals surface area (Å²) in [5.41, 5.74) is 8.85. The minimum Gasteiger partial charge on any atom is -0.381 e. The first kappa shape index (κ1) is 14.5. The summed E-state index contributed by atoms with van der Waals surface area (Å²) in [6, 6.07) is 8.76. The molecular weight excluding hydrogens is 238 g/mol. The third-order valence-electron chi connectivity index (χ3n) is 4.31. The lowest BCUT2D eigenvalue weighted by molar-refractivity contribution is -0.103. The van der Waals surface area contributed by atoms with Gasteiger partial charge in [0, 0.05) is 39.2 Å². The highest BCUT2D eigenvalue weighted by Gasteiger charge is 2.38. The van der Waals surface area contributed by atoms with Crippen LogP contribution in [0.25, 0.3) is 0 Å². The summed E-state index contributed by atoms with van der Waals surface area (Å²) in [5.74, 6) is 0. The van der Waals surface area contributed by atoms with E-state index in [0.29, 0.717) is 0 Å². The molecule has 0 aromatic heterocycles. The molecule has 3 heteroatoms. The smallest absolute Gasteiger partial charge is 0.0875 e. The van der Waals surface area contributed by atoms with Crippen LogP contribution in [0.5, 0.6) is 0 Å². The van der Waals surface area contributed by atoms with E-state index < -0.39 is 0 Å². The van der Waals surface area contributed by atoms with E-state index in [-0.39, 0.29) is 11.6 Å². The Balaban J connectivity index is 2.03. The monoisotopic (exact) mass is 263 g/mol. The summed E-state index contributed by atoms with van der Waals surface area (Å²) in [7, 11) is 1.77. The van der Waals surface area contributed by atoms with Crippen molar-refractivity contribution in [2.24, 2.45) is 5.73 Å². The van der Waals surface area contributed by atoms with Gasteiger partial charge in [-0.1, -0.05) is 31.2 Å². The largest absolute Gasteiger partial charge is 0.381 e. The lowest BCUT2D eigenvalue weighted by atomic mass is 9.83. The van der Waals surface area contributed by atoms with Gasteiger partial charge in [0.2, 0.25) is 0 Å². The van der Waals surface area contributed by atoms with Gasteiger partial charge in [-0.25, -0.2) is 0 Å². The molecule has 1 saturated heterocycles. The van der Waals surface area contributed by atoms with Crippen LogP contribution in [0.1, 0.15) is 30.9 Å². The fourth-order valence-corrected chi connectivity index (χ4v) is 2.79. The molecule has 1 heterocycles. The maximum atomic E-state index is 6.42. The van der Waals surface area contributed by atoms with Crippen LogP contribution in [0.4, 0.5) is 0 Å². The number of rotatable bonds is 5. The van der Waals surface area contributed by atoms with E-state index in [1.54, 1.807) is 7.11 Å². The van der Waals surface area contributed by atoms with E-state index in [1.807, 2.05) is 0 Å². The fourth-order valence-electron chi connectivity index (χ4n) is 2.79. The summed E-state index contributed by atoms with van der Waals surface area (Å²) in [4.78, 5) is 0. The van der Waals surface area contributed by atoms with Gasteiger partial charge in [0.05, 0.1) is 5.60 Å². The standard InChI is InChI=1S/C16H25NO2/c1-3-13-4-6-14(7-5-13)12-15(17)16(18-2)8-10-19-11-9-16/h4-7,15H,3,8-12,17H2,1-2H3. The van der Waals surface area contributed by atoms with Crippen molar-refractivity contribution < 1.29 is 9.47 Å². The molecule has 2 N–H and O–H groups in total. The molecule has 1 fully saturated rings. The van der Waals surface area contributed by atoms with E-state index in [0.717, 1.165) is 38.9 Å². The highest BCUT2D eigenvalue weighted by molar-refractivity contribution is 5.23. The van der Waals surface area contributed by atoms with Gasteiger partial charge in [0.1, 0.15) is 0 Å². The molecule has 0 amide bonds. The Morgan fingerprint density at radius 3 is 2.32 bits per heavy atom. The van der Waals surface area contributed by atoms with Crippen LogP contribution in [0.2, 0.25) is 0 Å². The van der Waals surface area contributed by atoms with Crippen LogP contribution in [-0.4, -0.2) is 32.0 Å². The van der Waals surface area contributed by atoms with Crippen molar-refractivity contribution in [1.82, 2.24) is 0 Å². The molecule has 19 heavy (non-hydrogen) atoms. The van der Waals surface area contributed by atoms with Crippen molar-refractivity contribution in [1.29, 1.82) is 0 Å². The van der Waals surface area contributed by atoms with Crippen LogP contribution in [0.15, 0.2) is 24.3 Å². The molecule has 3 nitrogen and oxygen atoms in total. The molecule has 0 bridgehead atoms. The second kappa shape index (κ2) is 6.51. The lowest BCUT2D eigenvalue weighted by Gasteiger charge is -2.40. The molecule has 0 spiro atoms. The molecular formula is C16H25NO2. The zero-order chi connectivity index (χ0) is 13.7. The van der Waals surface area contributed by atoms with Crippen molar-refractivity contribution in [3.63, 3.8) is 0 Å². The van der Waals surface area contributed by atoms with Gasteiger partial charge >= 0.3 is 0 Å². The number of aryl methyl sites for hydroxylation is 1. The third kappa shape index (κ3) is 3.35. The fraction of sp³-hybridized carbons (Fsp3) is 0.625. The first-order valence-electron chi connectivity index (χ1n) is 7.16.